The van der Waals surface area contributed by atoms with Gasteiger partial charge >= 0.3 is 6.03 Å². The van der Waals surface area contributed by atoms with Crippen LogP contribution in [0.5, 0.6) is 0 Å². The first-order valence-corrected chi connectivity index (χ1v) is 8.94. The quantitative estimate of drug-likeness (QED) is 0.693. The molecule has 0 unspecified atom stereocenters. The second-order valence-corrected chi connectivity index (χ2v) is 6.28. The highest BCUT2D eigenvalue weighted by Crippen LogP contribution is 2.18. The molecule has 0 aliphatic carbocycles. The predicted octanol–water partition coefficient (Wildman–Crippen LogP) is 3.62. The van der Waals surface area contributed by atoms with Crippen molar-refractivity contribution in [1.29, 1.82) is 0 Å². The molecule has 0 spiro atoms. The minimum absolute atomic E-state index is 0.284. The maximum atomic E-state index is 12.3. The lowest BCUT2D eigenvalue weighted by Gasteiger charge is -2.13. The molecule has 1 aliphatic heterocycles. The molecule has 0 bridgehead atoms. The van der Waals surface area contributed by atoms with E-state index < -0.39 is 0 Å². The summed E-state index contributed by atoms with van der Waals surface area (Å²) in [6, 6.07) is 7.31. The number of urea groups is 1. The van der Waals surface area contributed by atoms with Crippen molar-refractivity contribution in [2.75, 3.05) is 29.0 Å². The molecule has 0 saturated carbocycles. The Bertz CT molecular complexity index is 818. The van der Waals surface area contributed by atoms with Gasteiger partial charge < -0.3 is 10.6 Å². The van der Waals surface area contributed by atoms with Gasteiger partial charge in [-0.1, -0.05) is 19.4 Å². The van der Waals surface area contributed by atoms with E-state index in [1.165, 1.54) is 5.56 Å². The third kappa shape index (κ3) is 4.78. The van der Waals surface area contributed by atoms with Gasteiger partial charge in [0.05, 0.1) is 0 Å². The SMILES string of the molecule is CCCCNc1cc(C)nc(NC(=O)Nc2ccc3c(c2)CCN=C3)n1. The van der Waals surface area contributed by atoms with Crippen molar-refractivity contribution in [2.24, 2.45) is 4.99 Å². The van der Waals surface area contributed by atoms with Gasteiger partial charge in [0.15, 0.2) is 0 Å². The number of rotatable bonds is 6. The van der Waals surface area contributed by atoms with Crippen LogP contribution in [0.15, 0.2) is 29.3 Å². The third-order valence-corrected chi connectivity index (χ3v) is 4.06. The molecule has 2 heterocycles. The van der Waals surface area contributed by atoms with Gasteiger partial charge in [0.1, 0.15) is 5.82 Å². The molecule has 3 N–H and O–H groups in total. The zero-order valence-electron chi connectivity index (χ0n) is 15.2. The summed E-state index contributed by atoms with van der Waals surface area (Å²) < 4.78 is 0. The Morgan fingerprint density at radius 1 is 1.19 bits per heavy atom. The van der Waals surface area contributed by atoms with Crippen molar-refractivity contribution < 1.29 is 4.79 Å². The number of carbonyl (C=O) groups excluding carboxylic acids is 1. The Morgan fingerprint density at radius 3 is 2.92 bits per heavy atom. The van der Waals surface area contributed by atoms with Crippen molar-refractivity contribution in [3.63, 3.8) is 0 Å². The van der Waals surface area contributed by atoms with Gasteiger partial charge in [-0.25, -0.2) is 9.78 Å². The average Bonchev–Trinajstić information content (AvgIpc) is 2.61. The monoisotopic (exact) mass is 352 g/mol. The summed E-state index contributed by atoms with van der Waals surface area (Å²) in [6.45, 7) is 5.64. The number of hydrogen-bond acceptors (Lipinski definition) is 5. The molecule has 0 saturated heterocycles. The number of carbonyl (C=O) groups is 1. The van der Waals surface area contributed by atoms with E-state index in [9.17, 15) is 4.79 Å². The van der Waals surface area contributed by atoms with Gasteiger partial charge in [0.25, 0.3) is 0 Å². The van der Waals surface area contributed by atoms with E-state index in [0.29, 0.717) is 5.82 Å². The molecule has 0 radical (unpaired) electrons. The van der Waals surface area contributed by atoms with Gasteiger partial charge in [-0.05, 0) is 43.0 Å². The van der Waals surface area contributed by atoms with Crippen LogP contribution in [0.2, 0.25) is 0 Å². The molecule has 2 aromatic rings. The number of nitrogens with zero attached hydrogens (tertiary/aromatic N) is 3. The topological polar surface area (TPSA) is 91.3 Å². The van der Waals surface area contributed by atoms with Crippen molar-refractivity contribution in [3.8, 4) is 0 Å². The van der Waals surface area contributed by atoms with E-state index in [-0.39, 0.29) is 12.0 Å². The molecule has 7 heteroatoms. The van der Waals surface area contributed by atoms with Crippen LogP contribution in [0.4, 0.5) is 22.2 Å². The summed E-state index contributed by atoms with van der Waals surface area (Å²) in [5, 5.41) is 8.79. The zero-order valence-corrected chi connectivity index (χ0v) is 15.2. The Labute approximate surface area is 153 Å². The zero-order chi connectivity index (χ0) is 18.4. The predicted molar refractivity (Wildman–Crippen MR) is 105 cm³/mol. The standard InChI is InChI=1S/C19H24N6O/c1-3-4-8-21-17-10-13(2)22-18(24-17)25-19(26)23-16-6-5-15-12-20-9-7-14(15)11-16/h5-6,10-12H,3-4,7-9H2,1-2H3,(H3,21,22,23,24,25,26). The van der Waals surface area contributed by atoms with Crippen molar-refractivity contribution in [2.45, 2.75) is 33.1 Å². The number of amides is 2. The Morgan fingerprint density at radius 2 is 2.08 bits per heavy atom. The fraction of sp³-hybridized carbons (Fsp3) is 0.368. The number of unbranched alkanes of at least 4 members (excludes halogenated alkanes) is 1. The minimum atomic E-state index is -0.362. The number of nitrogens with one attached hydrogen (secondary N) is 3. The molecular formula is C19H24N6O. The van der Waals surface area contributed by atoms with Gasteiger partial charge in [-0.15, -0.1) is 0 Å². The highest BCUT2D eigenvalue weighted by Gasteiger charge is 2.10. The van der Waals surface area contributed by atoms with Crippen LogP contribution in [-0.4, -0.2) is 35.3 Å². The Hall–Kier alpha value is -2.96. The van der Waals surface area contributed by atoms with Crippen LogP contribution < -0.4 is 16.0 Å². The first-order chi connectivity index (χ1) is 12.6. The van der Waals surface area contributed by atoms with Crippen LogP contribution in [0.1, 0.15) is 36.6 Å². The largest absolute Gasteiger partial charge is 0.370 e. The average molecular weight is 352 g/mol. The fourth-order valence-electron chi connectivity index (χ4n) is 2.75. The molecular weight excluding hydrogens is 328 g/mol. The normalized spacial score (nSPS) is 12.4. The third-order valence-electron chi connectivity index (χ3n) is 4.06. The fourth-order valence-corrected chi connectivity index (χ4v) is 2.75. The molecule has 0 atom stereocenters. The van der Waals surface area contributed by atoms with E-state index >= 15 is 0 Å². The lowest BCUT2D eigenvalue weighted by Crippen LogP contribution is -2.21. The summed E-state index contributed by atoms with van der Waals surface area (Å²) in [5.41, 5.74) is 3.83. The number of fused-ring (bicyclic) bond motifs is 1. The molecule has 3 rings (SSSR count). The summed E-state index contributed by atoms with van der Waals surface area (Å²) in [4.78, 5) is 25.2. The van der Waals surface area contributed by atoms with Crippen molar-refractivity contribution >= 4 is 29.7 Å². The highest BCUT2D eigenvalue weighted by atomic mass is 16.2. The lowest BCUT2D eigenvalue weighted by molar-refractivity contribution is 0.262. The first kappa shape index (κ1) is 17.8. The summed E-state index contributed by atoms with van der Waals surface area (Å²) in [7, 11) is 0. The second kappa shape index (κ2) is 8.42. The molecule has 0 fully saturated rings. The van der Waals surface area contributed by atoms with Gasteiger partial charge in [-0.2, -0.15) is 4.98 Å². The molecule has 1 aromatic carbocycles. The molecule has 2 amide bonds. The highest BCUT2D eigenvalue weighted by molar-refractivity contribution is 5.99. The minimum Gasteiger partial charge on any atom is -0.370 e. The van der Waals surface area contributed by atoms with Crippen LogP contribution in [-0.2, 0) is 6.42 Å². The summed E-state index contributed by atoms with van der Waals surface area (Å²) in [5.74, 6) is 1.00. The molecule has 7 nitrogen and oxygen atoms in total. The molecule has 1 aromatic heterocycles. The number of aromatic nitrogens is 2. The number of aryl methyl sites for hydroxylation is 1. The molecule has 1 aliphatic rings. The first-order valence-electron chi connectivity index (χ1n) is 8.94. The van der Waals surface area contributed by atoms with Crippen LogP contribution in [0.25, 0.3) is 0 Å². The molecule has 26 heavy (non-hydrogen) atoms. The van der Waals surface area contributed by atoms with Gasteiger partial charge in [0.2, 0.25) is 5.95 Å². The summed E-state index contributed by atoms with van der Waals surface area (Å²) >= 11 is 0. The van der Waals surface area contributed by atoms with Crippen LogP contribution in [0.3, 0.4) is 0 Å². The van der Waals surface area contributed by atoms with E-state index in [0.717, 1.165) is 49.3 Å². The number of benzene rings is 1. The van der Waals surface area contributed by atoms with Crippen molar-refractivity contribution in [3.05, 3.63) is 41.1 Å². The van der Waals surface area contributed by atoms with Crippen molar-refractivity contribution in [1.82, 2.24) is 9.97 Å². The summed E-state index contributed by atoms with van der Waals surface area (Å²) in [6.07, 6.45) is 4.93. The smallest absolute Gasteiger partial charge is 0.326 e. The van der Waals surface area contributed by atoms with E-state index in [1.54, 1.807) is 0 Å². The Balaban J connectivity index is 1.63. The maximum absolute atomic E-state index is 12.3. The van der Waals surface area contributed by atoms with E-state index in [4.69, 9.17) is 0 Å². The maximum Gasteiger partial charge on any atom is 0.326 e. The second-order valence-electron chi connectivity index (χ2n) is 6.28. The molecule has 136 valence electrons. The van der Waals surface area contributed by atoms with Gasteiger partial charge in [-0.3, -0.25) is 10.3 Å². The Kier molecular flexibility index (Phi) is 5.78. The number of hydrogen-bond donors (Lipinski definition) is 3. The van der Waals surface area contributed by atoms with Crippen LogP contribution >= 0.6 is 0 Å². The number of aliphatic imine (C=N–C) groups is 1. The number of anilines is 3. The van der Waals surface area contributed by atoms with Gasteiger partial charge in [0, 0.05) is 36.8 Å². The van der Waals surface area contributed by atoms with E-state index in [1.807, 2.05) is 37.4 Å². The lowest BCUT2D eigenvalue weighted by atomic mass is 10.0. The van der Waals surface area contributed by atoms with Crippen LogP contribution in [0, 0.1) is 6.92 Å². The van der Waals surface area contributed by atoms with E-state index in [2.05, 4.69) is 37.8 Å².